The predicted octanol–water partition coefficient (Wildman–Crippen LogP) is 0.892. The molecule has 2 saturated heterocycles. The molecule has 0 bridgehead atoms. The number of amides is 3. The second-order valence-corrected chi connectivity index (χ2v) is 7.89. The van der Waals surface area contributed by atoms with Gasteiger partial charge in [0.1, 0.15) is 0 Å². The Morgan fingerprint density at radius 2 is 1.38 bits per heavy atom. The minimum absolute atomic E-state index is 0.0262. The van der Waals surface area contributed by atoms with Crippen molar-refractivity contribution in [1.29, 1.82) is 0 Å². The van der Waals surface area contributed by atoms with E-state index in [4.69, 9.17) is 0 Å². The second-order valence-electron chi connectivity index (χ2n) is 7.89. The number of carbonyl (C=O) groups is 3. The van der Waals surface area contributed by atoms with Crippen LogP contribution in [0.4, 0.5) is 0 Å². The van der Waals surface area contributed by atoms with Crippen LogP contribution < -0.4 is 5.32 Å². The summed E-state index contributed by atoms with van der Waals surface area (Å²) in [5.74, 6) is -0.00371. The molecule has 2 fully saturated rings. The molecule has 29 heavy (non-hydrogen) atoms. The third-order valence-electron chi connectivity index (χ3n) is 5.69. The average Bonchev–Trinajstić information content (AvgIpc) is 3.03. The lowest BCUT2D eigenvalue weighted by Gasteiger charge is -2.35. The number of nitrogens with zero attached hydrogens (tertiary/aromatic N) is 3. The number of carbonyl (C=O) groups excluding carboxylic acids is 3. The minimum atomic E-state index is -0.147. The summed E-state index contributed by atoms with van der Waals surface area (Å²) in [4.78, 5) is 42.8. The maximum absolute atomic E-state index is 12.5. The fourth-order valence-corrected chi connectivity index (χ4v) is 3.90. The molecule has 7 nitrogen and oxygen atoms in total. The fourth-order valence-electron chi connectivity index (χ4n) is 3.90. The topological polar surface area (TPSA) is 73.0 Å². The van der Waals surface area contributed by atoms with Gasteiger partial charge in [-0.15, -0.1) is 0 Å². The zero-order valence-corrected chi connectivity index (χ0v) is 17.1. The second kappa shape index (κ2) is 11.0. The van der Waals surface area contributed by atoms with Crippen molar-refractivity contribution in [2.75, 3.05) is 52.4 Å². The van der Waals surface area contributed by atoms with Gasteiger partial charge < -0.3 is 15.1 Å². The Morgan fingerprint density at radius 3 is 2.03 bits per heavy atom. The van der Waals surface area contributed by atoms with E-state index in [0.717, 1.165) is 31.5 Å². The van der Waals surface area contributed by atoms with Crippen LogP contribution in [0.25, 0.3) is 0 Å². The summed E-state index contributed by atoms with van der Waals surface area (Å²) in [6, 6.07) is 9.49. The average molecular weight is 401 g/mol. The quantitative estimate of drug-likeness (QED) is 0.770. The monoisotopic (exact) mass is 400 g/mol. The van der Waals surface area contributed by atoms with Crippen molar-refractivity contribution in [3.63, 3.8) is 0 Å². The summed E-state index contributed by atoms with van der Waals surface area (Å²) < 4.78 is 0. The van der Waals surface area contributed by atoms with Crippen LogP contribution in [0.15, 0.2) is 30.3 Å². The molecule has 0 spiro atoms. The van der Waals surface area contributed by atoms with E-state index in [1.165, 1.54) is 12.8 Å². The standard InChI is InChI=1S/C22H32N4O3/c27-20(16-19-8-4-3-5-9-19)23-17-21(28)26-14-12-24(13-15-26)18-22(29)25-10-6-1-2-7-11-25/h3-5,8-9H,1-2,6-7,10-18H2,(H,23,27). The van der Waals surface area contributed by atoms with Crippen LogP contribution in [0.3, 0.4) is 0 Å². The van der Waals surface area contributed by atoms with Crippen LogP contribution in [0, 0.1) is 0 Å². The molecule has 1 aromatic rings. The van der Waals surface area contributed by atoms with E-state index in [0.29, 0.717) is 32.7 Å². The zero-order chi connectivity index (χ0) is 20.5. The van der Waals surface area contributed by atoms with Crippen LogP contribution in [0.2, 0.25) is 0 Å². The molecule has 3 rings (SSSR count). The SMILES string of the molecule is O=C(Cc1ccccc1)NCC(=O)N1CCN(CC(=O)N2CCCCCC2)CC1. The van der Waals surface area contributed by atoms with Crippen molar-refractivity contribution in [2.45, 2.75) is 32.1 Å². The normalized spacial score (nSPS) is 18.2. The van der Waals surface area contributed by atoms with Crippen molar-refractivity contribution in [2.24, 2.45) is 0 Å². The summed E-state index contributed by atoms with van der Waals surface area (Å²) in [5, 5.41) is 2.72. The lowest BCUT2D eigenvalue weighted by molar-refractivity contribution is -0.136. The molecule has 0 atom stereocenters. The summed E-state index contributed by atoms with van der Waals surface area (Å²) in [6.07, 6.45) is 4.91. The van der Waals surface area contributed by atoms with Gasteiger partial charge in [0, 0.05) is 39.3 Å². The van der Waals surface area contributed by atoms with E-state index in [1.807, 2.05) is 35.2 Å². The summed E-state index contributed by atoms with van der Waals surface area (Å²) in [7, 11) is 0. The molecular weight excluding hydrogens is 368 g/mol. The van der Waals surface area contributed by atoms with Gasteiger partial charge in [0.25, 0.3) is 0 Å². The number of rotatable bonds is 6. The number of piperazine rings is 1. The lowest BCUT2D eigenvalue weighted by atomic mass is 10.1. The number of hydrogen-bond acceptors (Lipinski definition) is 4. The van der Waals surface area contributed by atoms with Crippen LogP contribution in [-0.4, -0.2) is 84.8 Å². The number of nitrogens with one attached hydrogen (secondary N) is 1. The van der Waals surface area contributed by atoms with Gasteiger partial charge in [-0.05, 0) is 18.4 Å². The first-order chi connectivity index (χ1) is 14.1. The highest BCUT2D eigenvalue weighted by atomic mass is 16.2. The van der Waals surface area contributed by atoms with Gasteiger partial charge in [0.2, 0.25) is 17.7 Å². The lowest BCUT2D eigenvalue weighted by Crippen LogP contribution is -2.53. The van der Waals surface area contributed by atoms with Gasteiger partial charge in [-0.1, -0.05) is 43.2 Å². The zero-order valence-electron chi connectivity index (χ0n) is 17.1. The molecule has 7 heteroatoms. The Balaban J connectivity index is 1.34. The summed E-state index contributed by atoms with van der Waals surface area (Å²) in [6.45, 7) is 4.81. The first kappa shape index (κ1) is 21.3. The van der Waals surface area contributed by atoms with Crippen molar-refractivity contribution in [3.05, 3.63) is 35.9 Å². The Labute approximate surface area is 173 Å². The minimum Gasteiger partial charge on any atom is -0.347 e. The molecule has 0 aliphatic carbocycles. The van der Waals surface area contributed by atoms with Gasteiger partial charge in [0.05, 0.1) is 19.5 Å². The van der Waals surface area contributed by atoms with E-state index in [2.05, 4.69) is 10.2 Å². The predicted molar refractivity (Wildman–Crippen MR) is 111 cm³/mol. The number of hydrogen-bond donors (Lipinski definition) is 1. The fraction of sp³-hybridized carbons (Fsp3) is 0.591. The van der Waals surface area contributed by atoms with Crippen molar-refractivity contribution in [1.82, 2.24) is 20.0 Å². The largest absolute Gasteiger partial charge is 0.347 e. The first-order valence-electron chi connectivity index (χ1n) is 10.7. The molecule has 0 radical (unpaired) electrons. The molecule has 2 heterocycles. The Kier molecular flexibility index (Phi) is 8.04. The molecule has 1 aromatic carbocycles. The molecule has 0 unspecified atom stereocenters. The molecule has 0 saturated carbocycles. The molecule has 158 valence electrons. The Bertz CT molecular complexity index is 679. The van der Waals surface area contributed by atoms with Gasteiger partial charge in [0.15, 0.2) is 0 Å². The van der Waals surface area contributed by atoms with Crippen molar-refractivity contribution < 1.29 is 14.4 Å². The van der Waals surface area contributed by atoms with Crippen molar-refractivity contribution >= 4 is 17.7 Å². The molecule has 0 aromatic heterocycles. The smallest absolute Gasteiger partial charge is 0.242 e. The molecule has 2 aliphatic heterocycles. The maximum Gasteiger partial charge on any atom is 0.242 e. The summed E-state index contributed by atoms with van der Waals surface area (Å²) in [5.41, 5.74) is 0.931. The van der Waals surface area contributed by atoms with E-state index in [9.17, 15) is 14.4 Å². The Morgan fingerprint density at radius 1 is 0.759 bits per heavy atom. The molecular formula is C22H32N4O3. The van der Waals surface area contributed by atoms with Crippen LogP contribution in [0.5, 0.6) is 0 Å². The molecule has 1 N–H and O–H groups in total. The van der Waals surface area contributed by atoms with Crippen LogP contribution in [-0.2, 0) is 20.8 Å². The number of benzene rings is 1. The van der Waals surface area contributed by atoms with Gasteiger partial charge in [-0.25, -0.2) is 0 Å². The molecule has 2 aliphatic rings. The van der Waals surface area contributed by atoms with Gasteiger partial charge in [-0.2, -0.15) is 0 Å². The molecule has 3 amide bonds. The Hall–Kier alpha value is -2.41. The highest BCUT2D eigenvalue weighted by Gasteiger charge is 2.24. The van der Waals surface area contributed by atoms with E-state index >= 15 is 0 Å². The van der Waals surface area contributed by atoms with E-state index in [-0.39, 0.29) is 30.7 Å². The van der Waals surface area contributed by atoms with E-state index in [1.54, 1.807) is 4.90 Å². The number of likely N-dealkylation sites (tertiary alicyclic amines) is 1. The van der Waals surface area contributed by atoms with Crippen LogP contribution in [0.1, 0.15) is 31.2 Å². The third kappa shape index (κ3) is 6.85. The first-order valence-corrected chi connectivity index (χ1v) is 10.7. The summed E-state index contributed by atoms with van der Waals surface area (Å²) >= 11 is 0. The highest BCUT2D eigenvalue weighted by Crippen LogP contribution is 2.11. The van der Waals surface area contributed by atoms with Crippen molar-refractivity contribution in [3.8, 4) is 0 Å². The van der Waals surface area contributed by atoms with E-state index < -0.39 is 0 Å². The van der Waals surface area contributed by atoms with Crippen LogP contribution >= 0.6 is 0 Å². The maximum atomic E-state index is 12.5. The highest BCUT2D eigenvalue weighted by molar-refractivity contribution is 5.85. The van der Waals surface area contributed by atoms with Gasteiger partial charge >= 0.3 is 0 Å². The third-order valence-corrected chi connectivity index (χ3v) is 5.69. The van der Waals surface area contributed by atoms with Gasteiger partial charge in [-0.3, -0.25) is 19.3 Å².